The van der Waals surface area contributed by atoms with Crippen LogP contribution < -0.4 is 5.32 Å². The first-order chi connectivity index (χ1) is 9.95. The molecule has 2 nitrogen and oxygen atoms in total. The highest BCUT2D eigenvalue weighted by atomic mass is 35.5. The first kappa shape index (κ1) is 16.3. The Bertz CT molecular complexity index is 605. The molecule has 2 aromatic rings. The zero-order chi connectivity index (χ0) is 15.4. The lowest BCUT2D eigenvalue weighted by atomic mass is 10.0. The van der Waals surface area contributed by atoms with Crippen LogP contribution in [0.25, 0.3) is 0 Å². The van der Waals surface area contributed by atoms with Crippen molar-refractivity contribution in [2.24, 2.45) is 0 Å². The maximum atomic E-state index is 5.95. The Morgan fingerprint density at radius 1 is 1.24 bits per heavy atom. The molecule has 0 aliphatic carbocycles. The van der Waals surface area contributed by atoms with Crippen LogP contribution in [0.5, 0.6) is 0 Å². The summed E-state index contributed by atoms with van der Waals surface area (Å²) in [6, 6.07) is 12.3. The molecule has 0 aliphatic heterocycles. The van der Waals surface area contributed by atoms with Crippen LogP contribution in [-0.4, -0.2) is 17.1 Å². The Morgan fingerprint density at radius 2 is 1.90 bits per heavy atom. The van der Waals surface area contributed by atoms with Crippen LogP contribution in [0.15, 0.2) is 36.4 Å². The molecule has 0 atom stereocenters. The number of nitrogens with zero attached hydrogens (tertiary/aromatic N) is 1. The smallest absolute Gasteiger partial charge is 0.173 e. The average Bonchev–Trinajstić information content (AvgIpc) is 2.84. The van der Waals surface area contributed by atoms with Crippen molar-refractivity contribution in [2.75, 3.05) is 12.4 Å². The zero-order valence-corrected chi connectivity index (χ0v) is 14.8. The molecule has 0 aliphatic rings. The summed E-state index contributed by atoms with van der Waals surface area (Å²) in [5, 5.41) is 3.97. The number of anilines is 1. The molecule has 0 fully saturated rings. The van der Waals surface area contributed by atoms with Crippen LogP contribution in [-0.2, 0) is 6.54 Å². The van der Waals surface area contributed by atoms with E-state index in [2.05, 4.69) is 43.4 Å². The summed E-state index contributed by atoms with van der Waals surface area (Å²) in [6.45, 7) is 5.13. The molecule has 0 radical (unpaired) electrons. The highest BCUT2D eigenvalue weighted by Crippen LogP contribution is 2.23. The minimum Gasteiger partial charge on any atom is -0.347 e. The summed E-state index contributed by atoms with van der Waals surface area (Å²) in [4.78, 5) is 3.20. The molecule has 0 saturated heterocycles. The summed E-state index contributed by atoms with van der Waals surface area (Å²) >= 11 is 13.0. The molecule has 0 unspecified atom stereocenters. The number of halogens is 1. The van der Waals surface area contributed by atoms with E-state index in [1.165, 1.54) is 10.4 Å². The van der Waals surface area contributed by atoms with E-state index in [4.69, 9.17) is 23.8 Å². The van der Waals surface area contributed by atoms with Gasteiger partial charge >= 0.3 is 0 Å². The second-order valence-corrected chi connectivity index (χ2v) is 7.46. The van der Waals surface area contributed by atoms with Crippen molar-refractivity contribution in [3.8, 4) is 0 Å². The minimum absolute atomic E-state index is 0.539. The Kier molecular flexibility index (Phi) is 5.62. The molecule has 1 aromatic heterocycles. The molecule has 21 heavy (non-hydrogen) atoms. The maximum Gasteiger partial charge on any atom is 0.173 e. The van der Waals surface area contributed by atoms with Gasteiger partial charge in [0.25, 0.3) is 0 Å². The molecule has 0 saturated carbocycles. The monoisotopic (exact) mass is 338 g/mol. The van der Waals surface area contributed by atoms with Crippen molar-refractivity contribution in [2.45, 2.75) is 26.3 Å². The Hall–Kier alpha value is -1.10. The molecule has 0 spiro atoms. The normalized spacial score (nSPS) is 10.7. The second-order valence-electron chi connectivity index (χ2n) is 5.27. The summed E-state index contributed by atoms with van der Waals surface area (Å²) in [7, 11) is 1.98. The predicted octanol–water partition coefficient (Wildman–Crippen LogP) is 5.35. The van der Waals surface area contributed by atoms with Gasteiger partial charge in [0.1, 0.15) is 0 Å². The van der Waals surface area contributed by atoms with Crippen molar-refractivity contribution in [3.63, 3.8) is 0 Å². The van der Waals surface area contributed by atoms with Crippen LogP contribution in [0.2, 0.25) is 4.34 Å². The van der Waals surface area contributed by atoms with Gasteiger partial charge < -0.3 is 10.2 Å². The third-order valence-corrected chi connectivity index (χ3v) is 4.83. The van der Waals surface area contributed by atoms with Crippen molar-refractivity contribution < 1.29 is 0 Å². The third-order valence-electron chi connectivity index (χ3n) is 3.20. The van der Waals surface area contributed by atoms with Gasteiger partial charge in [0.15, 0.2) is 5.11 Å². The molecule has 2 rings (SSSR count). The van der Waals surface area contributed by atoms with E-state index in [1.54, 1.807) is 11.3 Å². The number of thiophene rings is 1. The van der Waals surface area contributed by atoms with Crippen molar-refractivity contribution in [1.82, 2.24) is 4.90 Å². The first-order valence-corrected chi connectivity index (χ1v) is 8.42. The van der Waals surface area contributed by atoms with Gasteiger partial charge in [-0.1, -0.05) is 37.6 Å². The fourth-order valence-corrected chi connectivity index (χ4v) is 3.24. The summed E-state index contributed by atoms with van der Waals surface area (Å²) in [5.41, 5.74) is 2.34. The van der Waals surface area contributed by atoms with Gasteiger partial charge in [0.2, 0.25) is 0 Å². The average molecular weight is 339 g/mol. The van der Waals surface area contributed by atoms with Crippen LogP contribution in [0.1, 0.15) is 30.2 Å². The number of rotatable bonds is 4. The van der Waals surface area contributed by atoms with Crippen molar-refractivity contribution in [1.29, 1.82) is 0 Å². The van der Waals surface area contributed by atoms with Crippen molar-refractivity contribution >= 4 is 46.0 Å². The number of nitrogens with one attached hydrogen (secondary N) is 1. The van der Waals surface area contributed by atoms with E-state index in [0.717, 1.165) is 16.6 Å². The quantitative estimate of drug-likeness (QED) is 0.756. The highest BCUT2D eigenvalue weighted by molar-refractivity contribution is 7.80. The van der Waals surface area contributed by atoms with E-state index in [1.807, 2.05) is 24.1 Å². The molecule has 0 bridgehead atoms. The predicted molar refractivity (Wildman–Crippen MR) is 97.5 cm³/mol. The molecule has 112 valence electrons. The van der Waals surface area contributed by atoms with E-state index < -0.39 is 0 Å². The number of benzene rings is 1. The van der Waals surface area contributed by atoms with Gasteiger partial charge in [-0.2, -0.15) is 0 Å². The molecule has 1 N–H and O–H groups in total. The molecule has 0 amide bonds. The Balaban J connectivity index is 1.93. The van der Waals surface area contributed by atoms with E-state index >= 15 is 0 Å². The van der Waals surface area contributed by atoms with Crippen LogP contribution in [0.4, 0.5) is 5.69 Å². The first-order valence-electron chi connectivity index (χ1n) is 6.82. The van der Waals surface area contributed by atoms with Gasteiger partial charge in [-0.25, -0.2) is 0 Å². The molecule has 5 heteroatoms. The van der Waals surface area contributed by atoms with Crippen molar-refractivity contribution in [3.05, 3.63) is 51.2 Å². The van der Waals surface area contributed by atoms with Gasteiger partial charge in [0, 0.05) is 17.6 Å². The summed E-state index contributed by atoms with van der Waals surface area (Å²) in [6.07, 6.45) is 0. The van der Waals surface area contributed by atoms with Crippen LogP contribution in [0.3, 0.4) is 0 Å². The maximum absolute atomic E-state index is 5.95. The Morgan fingerprint density at radius 3 is 2.43 bits per heavy atom. The SMILES string of the molecule is CC(C)c1ccc(NC(=S)N(C)Cc2ccc(Cl)s2)cc1. The molecular weight excluding hydrogens is 320 g/mol. The number of thiocarbonyl (C=S) groups is 1. The highest BCUT2D eigenvalue weighted by Gasteiger charge is 2.08. The number of hydrogen-bond acceptors (Lipinski definition) is 2. The molecule has 1 heterocycles. The van der Waals surface area contributed by atoms with Crippen LogP contribution in [0, 0.1) is 0 Å². The largest absolute Gasteiger partial charge is 0.347 e. The van der Waals surface area contributed by atoms with Gasteiger partial charge in [0.05, 0.1) is 10.9 Å². The van der Waals surface area contributed by atoms with Gasteiger partial charge in [-0.05, 0) is 48.0 Å². The summed E-state index contributed by atoms with van der Waals surface area (Å²) < 4.78 is 0.807. The summed E-state index contributed by atoms with van der Waals surface area (Å²) in [5.74, 6) is 0.539. The van der Waals surface area contributed by atoms with E-state index in [9.17, 15) is 0 Å². The second kappa shape index (κ2) is 7.25. The topological polar surface area (TPSA) is 15.3 Å². The fraction of sp³-hybridized carbons (Fsp3) is 0.312. The third kappa shape index (κ3) is 4.70. The van der Waals surface area contributed by atoms with Crippen LogP contribution >= 0.6 is 35.2 Å². The van der Waals surface area contributed by atoms with Gasteiger partial charge in [-0.15, -0.1) is 11.3 Å². The lowest BCUT2D eigenvalue weighted by Crippen LogP contribution is -2.30. The minimum atomic E-state index is 0.539. The number of hydrogen-bond donors (Lipinski definition) is 1. The lowest BCUT2D eigenvalue weighted by molar-refractivity contribution is 0.514. The van der Waals surface area contributed by atoms with Gasteiger partial charge in [-0.3, -0.25) is 0 Å². The zero-order valence-electron chi connectivity index (χ0n) is 12.4. The van der Waals surface area contributed by atoms with E-state index in [0.29, 0.717) is 11.0 Å². The molecular formula is C16H19ClN2S2. The fourth-order valence-electron chi connectivity index (χ4n) is 1.91. The molecule has 1 aromatic carbocycles. The Labute approximate surface area is 140 Å². The van der Waals surface area contributed by atoms with E-state index in [-0.39, 0.29) is 0 Å². The lowest BCUT2D eigenvalue weighted by Gasteiger charge is -2.20. The standard InChI is InChI=1S/C16H19ClN2S2/c1-11(2)12-4-6-13(7-5-12)18-16(20)19(3)10-14-8-9-15(17)21-14/h4-9,11H,10H2,1-3H3,(H,18,20).